The first-order valence-corrected chi connectivity index (χ1v) is 7.29. The summed E-state index contributed by atoms with van der Waals surface area (Å²) in [5, 5.41) is 0. The number of thiazole rings is 1. The summed E-state index contributed by atoms with van der Waals surface area (Å²) < 4.78 is 5.33. The molecule has 2 rings (SSSR count). The zero-order valence-electron chi connectivity index (χ0n) is 10.4. The van der Waals surface area contributed by atoms with E-state index in [1.165, 1.54) is 31.3 Å². The van der Waals surface area contributed by atoms with Crippen molar-refractivity contribution in [1.82, 2.24) is 9.88 Å². The molecule has 0 spiro atoms. The van der Waals surface area contributed by atoms with Gasteiger partial charge < -0.3 is 4.74 Å². The van der Waals surface area contributed by atoms with Crippen LogP contribution in [0.1, 0.15) is 30.6 Å². The number of rotatable bonds is 4. The minimum atomic E-state index is -0.130. The number of methoxy groups -OCH3 is 1. The van der Waals surface area contributed by atoms with E-state index in [1.807, 2.05) is 6.20 Å². The Morgan fingerprint density at radius 1 is 1.67 bits per heavy atom. The highest BCUT2D eigenvalue weighted by Crippen LogP contribution is 2.25. The molecule has 0 bridgehead atoms. The predicted molar refractivity (Wildman–Crippen MR) is 71.8 cm³/mol. The number of halogens is 1. The maximum atomic E-state index is 11.4. The first-order valence-electron chi connectivity index (χ1n) is 6.10. The highest BCUT2D eigenvalue weighted by molar-refractivity contribution is 7.15. The van der Waals surface area contributed by atoms with Gasteiger partial charge in [0.15, 0.2) is 4.47 Å². The van der Waals surface area contributed by atoms with Crippen molar-refractivity contribution >= 4 is 28.9 Å². The zero-order chi connectivity index (χ0) is 13.0. The smallest absolute Gasteiger partial charge is 0.307 e. The van der Waals surface area contributed by atoms with Gasteiger partial charge in [-0.25, -0.2) is 4.98 Å². The number of likely N-dealkylation sites (tertiary alicyclic amines) is 1. The molecule has 0 aromatic carbocycles. The van der Waals surface area contributed by atoms with E-state index < -0.39 is 0 Å². The van der Waals surface area contributed by atoms with Gasteiger partial charge in [-0.15, -0.1) is 11.3 Å². The predicted octanol–water partition coefficient (Wildman–Crippen LogP) is 2.71. The summed E-state index contributed by atoms with van der Waals surface area (Å²) in [6.45, 7) is 1.85. The van der Waals surface area contributed by atoms with Crippen molar-refractivity contribution in [3.05, 3.63) is 15.5 Å². The Morgan fingerprint density at radius 2 is 2.50 bits per heavy atom. The molecule has 1 aliphatic rings. The van der Waals surface area contributed by atoms with Gasteiger partial charge in [-0.2, -0.15) is 0 Å². The number of carbonyl (C=O) groups is 1. The average Bonchev–Trinajstić information content (AvgIpc) is 2.77. The Morgan fingerprint density at radius 3 is 3.17 bits per heavy atom. The van der Waals surface area contributed by atoms with E-state index in [-0.39, 0.29) is 12.0 Å². The summed E-state index contributed by atoms with van der Waals surface area (Å²) in [5.41, 5.74) is 0. The van der Waals surface area contributed by atoms with Gasteiger partial charge in [0.05, 0.1) is 13.5 Å². The van der Waals surface area contributed by atoms with Crippen LogP contribution in [0.15, 0.2) is 6.20 Å². The van der Waals surface area contributed by atoms with E-state index in [0.717, 1.165) is 24.4 Å². The van der Waals surface area contributed by atoms with Crippen LogP contribution in [0.2, 0.25) is 4.47 Å². The number of nitrogens with zero attached hydrogens (tertiary/aromatic N) is 2. The molecule has 0 saturated carbocycles. The van der Waals surface area contributed by atoms with E-state index in [0.29, 0.717) is 10.9 Å². The van der Waals surface area contributed by atoms with E-state index >= 15 is 0 Å². The van der Waals surface area contributed by atoms with Crippen LogP contribution in [0.5, 0.6) is 0 Å². The molecule has 6 heteroatoms. The highest BCUT2D eigenvalue weighted by Gasteiger charge is 2.25. The Balaban J connectivity index is 1.96. The third-order valence-electron chi connectivity index (χ3n) is 3.26. The summed E-state index contributed by atoms with van der Waals surface area (Å²) >= 11 is 7.34. The topological polar surface area (TPSA) is 42.4 Å². The second-order valence-corrected chi connectivity index (χ2v) is 6.18. The standard InChI is InChI=1S/C12H17ClN2O2S/c1-17-11(16)6-9-4-2-3-5-15(9)8-10-7-14-12(13)18-10/h7,9H,2-6,8H2,1H3. The number of ether oxygens (including phenoxy) is 1. The van der Waals surface area contributed by atoms with Gasteiger partial charge in [0.1, 0.15) is 0 Å². The quantitative estimate of drug-likeness (QED) is 0.799. The minimum absolute atomic E-state index is 0.130. The zero-order valence-corrected chi connectivity index (χ0v) is 12.0. The molecule has 18 heavy (non-hydrogen) atoms. The molecule has 1 aromatic heterocycles. The van der Waals surface area contributed by atoms with Crippen molar-refractivity contribution in [2.24, 2.45) is 0 Å². The molecule has 0 N–H and O–H groups in total. The summed E-state index contributed by atoms with van der Waals surface area (Å²) in [5.74, 6) is -0.130. The largest absolute Gasteiger partial charge is 0.469 e. The van der Waals surface area contributed by atoms with E-state index in [4.69, 9.17) is 16.3 Å². The molecule has 0 aliphatic carbocycles. The van der Waals surface area contributed by atoms with Gasteiger partial charge in [-0.05, 0) is 19.4 Å². The lowest BCUT2D eigenvalue weighted by Crippen LogP contribution is -2.40. The summed E-state index contributed by atoms with van der Waals surface area (Å²) in [4.78, 5) is 18.9. The molecular formula is C12H17ClN2O2S. The lowest BCUT2D eigenvalue weighted by atomic mass is 9.99. The normalized spacial score (nSPS) is 20.9. The number of esters is 1. The molecule has 0 radical (unpaired) electrons. The Hall–Kier alpha value is -0.650. The van der Waals surface area contributed by atoms with Crippen molar-refractivity contribution < 1.29 is 9.53 Å². The SMILES string of the molecule is COC(=O)CC1CCCCN1Cc1cnc(Cl)s1. The summed E-state index contributed by atoms with van der Waals surface area (Å²) in [6.07, 6.45) is 5.72. The summed E-state index contributed by atoms with van der Waals surface area (Å²) in [7, 11) is 1.44. The number of hydrogen-bond acceptors (Lipinski definition) is 5. The Kier molecular flexibility index (Phi) is 4.97. The third-order valence-corrected chi connectivity index (χ3v) is 4.36. The lowest BCUT2D eigenvalue weighted by Gasteiger charge is -2.34. The van der Waals surface area contributed by atoms with Gasteiger partial charge in [0.2, 0.25) is 0 Å². The van der Waals surface area contributed by atoms with Gasteiger partial charge in [0.25, 0.3) is 0 Å². The molecule has 100 valence electrons. The molecule has 1 saturated heterocycles. The molecule has 1 atom stereocenters. The fourth-order valence-electron chi connectivity index (χ4n) is 2.33. The van der Waals surface area contributed by atoms with Gasteiger partial charge in [-0.3, -0.25) is 9.69 Å². The monoisotopic (exact) mass is 288 g/mol. The van der Waals surface area contributed by atoms with Crippen LogP contribution < -0.4 is 0 Å². The maximum absolute atomic E-state index is 11.4. The van der Waals surface area contributed by atoms with Gasteiger partial charge in [-0.1, -0.05) is 18.0 Å². The highest BCUT2D eigenvalue weighted by atomic mass is 35.5. The Bertz CT molecular complexity index is 411. The second-order valence-electron chi connectivity index (χ2n) is 4.48. The van der Waals surface area contributed by atoms with E-state index in [2.05, 4.69) is 9.88 Å². The number of piperidine rings is 1. The van der Waals surface area contributed by atoms with Crippen LogP contribution >= 0.6 is 22.9 Å². The number of carbonyl (C=O) groups excluding carboxylic acids is 1. The molecule has 0 amide bonds. The van der Waals surface area contributed by atoms with Crippen molar-refractivity contribution in [3.8, 4) is 0 Å². The number of aromatic nitrogens is 1. The van der Waals surface area contributed by atoms with Crippen LogP contribution in [-0.2, 0) is 16.1 Å². The van der Waals surface area contributed by atoms with Crippen LogP contribution in [0, 0.1) is 0 Å². The van der Waals surface area contributed by atoms with Gasteiger partial charge >= 0.3 is 5.97 Å². The van der Waals surface area contributed by atoms with Crippen LogP contribution in [0.25, 0.3) is 0 Å². The van der Waals surface area contributed by atoms with Gasteiger partial charge in [0, 0.05) is 23.7 Å². The van der Waals surface area contributed by atoms with Crippen LogP contribution in [-0.4, -0.2) is 35.5 Å². The van der Waals surface area contributed by atoms with Crippen LogP contribution in [0.4, 0.5) is 0 Å². The van der Waals surface area contributed by atoms with E-state index in [9.17, 15) is 4.79 Å². The molecule has 4 nitrogen and oxygen atoms in total. The average molecular weight is 289 g/mol. The summed E-state index contributed by atoms with van der Waals surface area (Å²) in [6, 6.07) is 0.284. The lowest BCUT2D eigenvalue weighted by molar-refractivity contribution is -0.142. The molecule has 1 fully saturated rings. The fourth-order valence-corrected chi connectivity index (χ4v) is 3.34. The molecule has 1 aliphatic heterocycles. The third kappa shape index (κ3) is 3.67. The first kappa shape index (κ1) is 13.8. The first-order chi connectivity index (χ1) is 8.69. The molecular weight excluding hydrogens is 272 g/mol. The van der Waals surface area contributed by atoms with Crippen molar-refractivity contribution in [2.75, 3.05) is 13.7 Å². The fraction of sp³-hybridized carbons (Fsp3) is 0.667. The molecule has 1 aromatic rings. The maximum Gasteiger partial charge on any atom is 0.307 e. The molecule has 2 heterocycles. The number of hydrogen-bond donors (Lipinski definition) is 0. The van der Waals surface area contributed by atoms with E-state index in [1.54, 1.807) is 0 Å². The minimum Gasteiger partial charge on any atom is -0.469 e. The molecule has 1 unspecified atom stereocenters. The van der Waals surface area contributed by atoms with Crippen molar-refractivity contribution in [3.63, 3.8) is 0 Å². The Labute approximate surface area is 116 Å². The second kappa shape index (κ2) is 6.50. The van der Waals surface area contributed by atoms with Crippen molar-refractivity contribution in [1.29, 1.82) is 0 Å². The van der Waals surface area contributed by atoms with Crippen LogP contribution in [0.3, 0.4) is 0 Å². The van der Waals surface area contributed by atoms with Crippen molar-refractivity contribution in [2.45, 2.75) is 38.3 Å².